The number of benzene rings is 1. The molecule has 2 aliphatic rings. The van der Waals surface area contributed by atoms with Gasteiger partial charge in [-0.1, -0.05) is 23.7 Å². The van der Waals surface area contributed by atoms with E-state index in [-0.39, 0.29) is 23.9 Å². The van der Waals surface area contributed by atoms with E-state index < -0.39 is 0 Å². The van der Waals surface area contributed by atoms with E-state index in [0.29, 0.717) is 18.1 Å². The Balaban J connectivity index is 1.56. The van der Waals surface area contributed by atoms with Gasteiger partial charge in [0.1, 0.15) is 0 Å². The molecule has 0 saturated carbocycles. The van der Waals surface area contributed by atoms with Crippen LogP contribution in [0.15, 0.2) is 24.3 Å². The van der Waals surface area contributed by atoms with E-state index in [1.54, 1.807) is 0 Å². The van der Waals surface area contributed by atoms with Gasteiger partial charge < -0.3 is 21.1 Å². The summed E-state index contributed by atoms with van der Waals surface area (Å²) in [6.45, 7) is 5.48. The summed E-state index contributed by atoms with van der Waals surface area (Å²) in [5, 5.41) is 6.95. The number of ether oxygens (including phenoxy) is 1. The molecule has 6 nitrogen and oxygen atoms in total. The highest BCUT2D eigenvalue weighted by atomic mass is 35.5. The number of amides is 1. The quantitative estimate of drug-likeness (QED) is 0.704. The van der Waals surface area contributed by atoms with Crippen molar-refractivity contribution in [2.45, 2.75) is 18.0 Å². The fraction of sp³-hybridized carbons (Fsp3) is 0.588. The van der Waals surface area contributed by atoms with E-state index >= 15 is 0 Å². The molecule has 1 aromatic carbocycles. The van der Waals surface area contributed by atoms with Crippen molar-refractivity contribution in [1.29, 1.82) is 0 Å². The fourth-order valence-corrected chi connectivity index (χ4v) is 3.64. The molecule has 4 N–H and O–H groups in total. The number of nitrogens with one attached hydrogen (secondary N) is 2. The Morgan fingerprint density at radius 1 is 1.42 bits per heavy atom. The van der Waals surface area contributed by atoms with Crippen molar-refractivity contribution < 1.29 is 9.53 Å². The second kappa shape index (κ2) is 8.27. The second-order valence-electron chi connectivity index (χ2n) is 6.38. The Bertz CT molecular complexity index is 565. The van der Waals surface area contributed by atoms with Crippen LogP contribution in [0.4, 0.5) is 0 Å². The summed E-state index contributed by atoms with van der Waals surface area (Å²) in [4.78, 5) is 14.9. The van der Waals surface area contributed by atoms with Gasteiger partial charge in [-0.25, -0.2) is 0 Å². The van der Waals surface area contributed by atoms with Gasteiger partial charge in [0.05, 0.1) is 19.3 Å². The van der Waals surface area contributed by atoms with Gasteiger partial charge in [0.15, 0.2) is 0 Å². The number of morpholine rings is 1. The van der Waals surface area contributed by atoms with E-state index in [1.807, 2.05) is 24.3 Å². The van der Waals surface area contributed by atoms with Gasteiger partial charge in [0.25, 0.3) is 0 Å². The molecule has 7 heteroatoms. The number of carbonyl (C=O) groups excluding carboxylic acids is 1. The third-order valence-corrected chi connectivity index (χ3v) is 4.98. The molecule has 1 aromatic rings. The van der Waals surface area contributed by atoms with E-state index in [4.69, 9.17) is 22.1 Å². The third-order valence-electron chi connectivity index (χ3n) is 4.74. The molecule has 1 unspecified atom stereocenters. The molecule has 2 fully saturated rings. The molecule has 2 aliphatic heterocycles. The number of nitrogens with two attached hydrogens (primary N) is 1. The number of halogens is 1. The highest BCUT2D eigenvalue weighted by molar-refractivity contribution is 6.30. The van der Waals surface area contributed by atoms with Crippen LogP contribution in [0.5, 0.6) is 0 Å². The van der Waals surface area contributed by atoms with Crippen LogP contribution in [-0.2, 0) is 9.53 Å². The van der Waals surface area contributed by atoms with Crippen molar-refractivity contribution in [3.63, 3.8) is 0 Å². The summed E-state index contributed by atoms with van der Waals surface area (Å²) >= 11 is 6.09. The van der Waals surface area contributed by atoms with E-state index in [9.17, 15) is 4.79 Å². The van der Waals surface area contributed by atoms with Crippen molar-refractivity contribution in [3.05, 3.63) is 34.9 Å². The maximum atomic E-state index is 12.6. The van der Waals surface area contributed by atoms with Crippen molar-refractivity contribution in [2.24, 2.45) is 5.73 Å². The van der Waals surface area contributed by atoms with Crippen LogP contribution in [-0.4, -0.2) is 68.8 Å². The Hall–Kier alpha value is -1.18. The van der Waals surface area contributed by atoms with Gasteiger partial charge in [-0.15, -0.1) is 0 Å². The summed E-state index contributed by atoms with van der Waals surface area (Å²) in [7, 11) is 0. The van der Waals surface area contributed by atoms with Crippen molar-refractivity contribution in [2.75, 3.05) is 45.9 Å². The largest absolute Gasteiger partial charge is 0.379 e. The highest BCUT2D eigenvalue weighted by Crippen LogP contribution is 2.28. The molecular formula is C17H25ClN4O2. The normalized spacial score (nSPS) is 28.0. The third kappa shape index (κ3) is 4.26. The van der Waals surface area contributed by atoms with Gasteiger partial charge >= 0.3 is 0 Å². The molecular weight excluding hydrogens is 328 g/mol. The van der Waals surface area contributed by atoms with Gasteiger partial charge in [-0.2, -0.15) is 0 Å². The lowest BCUT2D eigenvalue weighted by atomic mass is 9.88. The minimum Gasteiger partial charge on any atom is -0.379 e. The molecule has 0 radical (unpaired) electrons. The maximum Gasteiger partial charge on any atom is 0.237 e. The predicted octanol–water partition coefficient (Wildman–Crippen LogP) is 0.171. The molecule has 0 aromatic heterocycles. The first-order chi connectivity index (χ1) is 11.6. The fourth-order valence-electron chi connectivity index (χ4n) is 3.45. The highest BCUT2D eigenvalue weighted by Gasteiger charge is 2.39. The first-order valence-electron chi connectivity index (χ1n) is 8.47. The summed E-state index contributed by atoms with van der Waals surface area (Å²) < 4.78 is 5.33. The molecule has 2 heterocycles. The van der Waals surface area contributed by atoms with Crippen LogP contribution in [0.2, 0.25) is 5.02 Å². The van der Waals surface area contributed by atoms with Crippen molar-refractivity contribution in [3.8, 4) is 0 Å². The van der Waals surface area contributed by atoms with Crippen LogP contribution < -0.4 is 16.4 Å². The summed E-state index contributed by atoms with van der Waals surface area (Å²) in [5.74, 6) is -0.0618. The number of hydrogen-bond acceptors (Lipinski definition) is 5. The molecule has 3 rings (SSSR count). The lowest BCUT2D eigenvalue weighted by Crippen LogP contribution is -2.47. The summed E-state index contributed by atoms with van der Waals surface area (Å²) in [6, 6.07) is 7.19. The first-order valence-corrected chi connectivity index (χ1v) is 8.85. The van der Waals surface area contributed by atoms with Gasteiger partial charge in [0, 0.05) is 49.7 Å². The molecule has 0 spiro atoms. The van der Waals surface area contributed by atoms with E-state index in [1.165, 1.54) is 0 Å². The molecule has 3 atom stereocenters. The average molecular weight is 353 g/mol. The SMILES string of the molecule is NC1CN[C@@H](C(=O)NCCN2CCOCC2)[C@@H]1c1cccc(Cl)c1. The maximum absolute atomic E-state index is 12.6. The molecule has 0 aliphatic carbocycles. The summed E-state index contributed by atoms with van der Waals surface area (Å²) in [6.07, 6.45) is 0. The molecule has 1 amide bonds. The van der Waals surface area contributed by atoms with Crippen LogP contribution in [0.1, 0.15) is 11.5 Å². The van der Waals surface area contributed by atoms with Crippen LogP contribution in [0.25, 0.3) is 0 Å². The van der Waals surface area contributed by atoms with Gasteiger partial charge in [-0.3, -0.25) is 9.69 Å². The van der Waals surface area contributed by atoms with Crippen LogP contribution in [0.3, 0.4) is 0 Å². The number of carbonyl (C=O) groups is 1. The number of rotatable bonds is 5. The molecule has 132 valence electrons. The minimum atomic E-state index is -0.317. The average Bonchev–Trinajstić information content (AvgIpc) is 2.97. The van der Waals surface area contributed by atoms with Gasteiger partial charge in [-0.05, 0) is 17.7 Å². The zero-order chi connectivity index (χ0) is 16.9. The van der Waals surface area contributed by atoms with Gasteiger partial charge in [0.2, 0.25) is 5.91 Å². The summed E-state index contributed by atoms with van der Waals surface area (Å²) in [5.41, 5.74) is 7.23. The standard InChI is InChI=1S/C17H25ClN4O2/c18-13-3-1-2-12(10-13)15-14(19)11-21-16(15)17(23)20-4-5-22-6-8-24-9-7-22/h1-3,10,14-16,21H,4-9,11,19H2,(H,20,23)/t14?,15-,16-/m1/s1. The molecule has 2 saturated heterocycles. The molecule has 0 bridgehead atoms. The number of hydrogen-bond donors (Lipinski definition) is 3. The lowest BCUT2D eigenvalue weighted by molar-refractivity contribution is -0.123. The Morgan fingerprint density at radius 2 is 2.21 bits per heavy atom. The second-order valence-corrected chi connectivity index (χ2v) is 6.81. The molecule has 24 heavy (non-hydrogen) atoms. The Kier molecular flexibility index (Phi) is 6.08. The van der Waals surface area contributed by atoms with E-state index in [2.05, 4.69) is 15.5 Å². The number of nitrogens with zero attached hydrogens (tertiary/aromatic N) is 1. The van der Waals surface area contributed by atoms with E-state index in [0.717, 1.165) is 38.4 Å². The van der Waals surface area contributed by atoms with Crippen LogP contribution >= 0.6 is 11.6 Å². The smallest absolute Gasteiger partial charge is 0.237 e. The van der Waals surface area contributed by atoms with Crippen LogP contribution in [0, 0.1) is 0 Å². The van der Waals surface area contributed by atoms with Crippen molar-refractivity contribution >= 4 is 17.5 Å². The minimum absolute atomic E-state index is 0.00110. The lowest BCUT2D eigenvalue weighted by Gasteiger charge is -2.27. The Labute approximate surface area is 147 Å². The topological polar surface area (TPSA) is 79.6 Å². The first kappa shape index (κ1) is 17.6. The zero-order valence-corrected chi connectivity index (χ0v) is 14.5. The Morgan fingerprint density at radius 3 is 2.96 bits per heavy atom. The van der Waals surface area contributed by atoms with Crippen molar-refractivity contribution in [1.82, 2.24) is 15.5 Å². The predicted molar refractivity (Wildman–Crippen MR) is 94.2 cm³/mol. The zero-order valence-electron chi connectivity index (χ0n) is 13.7. The monoisotopic (exact) mass is 352 g/mol.